The van der Waals surface area contributed by atoms with E-state index in [9.17, 15) is 9.90 Å². The zero-order chi connectivity index (χ0) is 20.2. The van der Waals surface area contributed by atoms with Crippen molar-refractivity contribution in [2.45, 2.75) is 44.2 Å². The standard InChI is InChI=1S/C24H29ClN2O2/c25-21-9-5-8-20(15-21)24(29)22(16-27-10-3-4-11-27)26-23(28)14-17-12-18-6-1-2-7-19(18)13-17/h1-2,5-9,15,17,22,24,29H,3-4,10-14,16H2,(H,26,28). The Morgan fingerprint density at radius 3 is 2.45 bits per heavy atom. The predicted molar refractivity (Wildman–Crippen MR) is 116 cm³/mol. The molecular formula is C24H29ClN2O2. The van der Waals surface area contributed by atoms with Crippen molar-refractivity contribution < 1.29 is 9.90 Å². The fourth-order valence-corrected chi connectivity index (χ4v) is 4.91. The minimum atomic E-state index is -0.779. The van der Waals surface area contributed by atoms with E-state index in [1.54, 1.807) is 12.1 Å². The highest BCUT2D eigenvalue weighted by molar-refractivity contribution is 6.30. The van der Waals surface area contributed by atoms with Gasteiger partial charge in [0.1, 0.15) is 6.10 Å². The number of aliphatic hydroxyl groups excluding tert-OH is 1. The Bertz CT molecular complexity index is 825. The van der Waals surface area contributed by atoms with Gasteiger partial charge in [-0.15, -0.1) is 0 Å². The molecule has 2 atom stereocenters. The molecule has 0 radical (unpaired) electrons. The largest absolute Gasteiger partial charge is 0.386 e. The van der Waals surface area contributed by atoms with Crippen LogP contribution in [0.15, 0.2) is 48.5 Å². The average molecular weight is 413 g/mol. The van der Waals surface area contributed by atoms with Gasteiger partial charge in [0.25, 0.3) is 0 Å². The zero-order valence-corrected chi connectivity index (χ0v) is 17.4. The second-order valence-electron chi connectivity index (χ2n) is 8.43. The predicted octanol–water partition coefficient (Wildman–Crippen LogP) is 3.76. The molecule has 2 aliphatic rings. The van der Waals surface area contributed by atoms with Gasteiger partial charge in [-0.2, -0.15) is 0 Å². The van der Waals surface area contributed by atoms with Crippen molar-refractivity contribution in [1.29, 1.82) is 0 Å². The molecule has 2 N–H and O–H groups in total. The van der Waals surface area contributed by atoms with Crippen LogP contribution in [-0.4, -0.2) is 41.6 Å². The number of fused-ring (bicyclic) bond motifs is 1. The highest BCUT2D eigenvalue weighted by Crippen LogP contribution is 2.29. The molecule has 2 aromatic carbocycles. The Morgan fingerprint density at radius 2 is 1.79 bits per heavy atom. The second-order valence-corrected chi connectivity index (χ2v) is 8.87. The summed E-state index contributed by atoms with van der Waals surface area (Å²) in [7, 11) is 0. The molecule has 1 aliphatic carbocycles. The molecule has 0 saturated carbocycles. The molecule has 5 heteroatoms. The quantitative estimate of drug-likeness (QED) is 0.728. The van der Waals surface area contributed by atoms with Gasteiger partial charge in [-0.3, -0.25) is 4.79 Å². The lowest BCUT2D eigenvalue weighted by Crippen LogP contribution is -2.47. The number of amides is 1. The SMILES string of the molecule is O=C(CC1Cc2ccccc2C1)NC(CN1CCCC1)C(O)c1cccc(Cl)c1. The van der Waals surface area contributed by atoms with E-state index < -0.39 is 6.10 Å². The number of carbonyl (C=O) groups excluding carboxylic acids is 1. The van der Waals surface area contributed by atoms with Gasteiger partial charge in [0, 0.05) is 18.0 Å². The maximum Gasteiger partial charge on any atom is 0.220 e. The summed E-state index contributed by atoms with van der Waals surface area (Å²) in [5.41, 5.74) is 3.46. The number of likely N-dealkylation sites (tertiary alicyclic amines) is 1. The van der Waals surface area contributed by atoms with Crippen LogP contribution >= 0.6 is 11.6 Å². The maximum absolute atomic E-state index is 12.9. The van der Waals surface area contributed by atoms with Crippen molar-refractivity contribution >= 4 is 17.5 Å². The Balaban J connectivity index is 1.41. The lowest BCUT2D eigenvalue weighted by Gasteiger charge is -2.29. The van der Waals surface area contributed by atoms with E-state index >= 15 is 0 Å². The van der Waals surface area contributed by atoms with Crippen molar-refractivity contribution in [2.75, 3.05) is 19.6 Å². The third-order valence-electron chi connectivity index (χ3n) is 6.18. The molecule has 1 amide bonds. The van der Waals surface area contributed by atoms with Crippen molar-refractivity contribution in [3.63, 3.8) is 0 Å². The molecule has 1 aliphatic heterocycles. The van der Waals surface area contributed by atoms with Crippen LogP contribution in [0.25, 0.3) is 0 Å². The normalized spacial score (nSPS) is 19.1. The van der Waals surface area contributed by atoms with Crippen LogP contribution in [0, 0.1) is 5.92 Å². The molecule has 1 heterocycles. The van der Waals surface area contributed by atoms with Crippen LogP contribution < -0.4 is 5.32 Å². The topological polar surface area (TPSA) is 52.6 Å². The third-order valence-corrected chi connectivity index (χ3v) is 6.42. The molecule has 0 spiro atoms. The Hall–Kier alpha value is -1.88. The molecular weight excluding hydrogens is 384 g/mol. The Morgan fingerprint density at radius 1 is 1.10 bits per heavy atom. The summed E-state index contributed by atoms with van der Waals surface area (Å²) in [6, 6.07) is 15.4. The van der Waals surface area contributed by atoms with E-state index in [4.69, 9.17) is 11.6 Å². The highest BCUT2D eigenvalue weighted by atomic mass is 35.5. The maximum atomic E-state index is 12.9. The first-order chi connectivity index (χ1) is 14.1. The number of nitrogens with zero attached hydrogens (tertiary/aromatic N) is 1. The molecule has 0 aromatic heterocycles. The molecule has 2 aromatic rings. The number of carbonyl (C=O) groups is 1. The minimum absolute atomic E-state index is 0.0214. The molecule has 1 saturated heterocycles. The number of halogens is 1. The summed E-state index contributed by atoms with van der Waals surface area (Å²) >= 11 is 6.12. The number of aliphatic hydroxyl groups is 1. The fourth-order valence-electron chi connectivity index (χ4n) is 4.71. The van der Waals surface area contributed by atoms with Gasteiger partial charge in [-0.25, -0.2) is 0 Å². The summed E-state index contributed by atoms with van der Waals surface area (Å²) in [6.07, 6.45) is 3.98. The number of hydrogen-bond acceptors (Lipinski definition) is 3. The van der Waals surface area contributed by atoms with E-state index in [1.807, 2.05) is 12.1 Å². The first-order valence-electron chi connectivity index (χ1n) is 10.6. The molecule has 29 heavy (non-hydrogen) atoms. The molecule has 154 valence electrons. The van der Waals surface area contributed by atoms with Gasteiger partial charge < -0.3 is 15.3 Å². The molecule has 2 unspecified atom stereocenters. The number of nitrogens with one attached hydrogen (secondary N) is 1. The van der Waals surface area contributed by atoms with Gasteiger partial charge in [0.05, 0.1) is 6.04 Å². The fraction of sp³-hybridized carbons (Fsp3) is 0.458. The molecule has 4 rings (SSSR count). The lowest BCUT2D eigenvalue weighted by molar-refractivity contribution is -0.123. The first kappa shape index (κ1) is 20.4. The van der Waals surface area contributed by atoms with E-state index in [-0.39, 0.29) is 11.9 Å². The summed E-state index contributed by atoms with van der Waals surface area (Å²) in [6.45, 7) is 2.70. The number of benzene rings is 2. The smallest absolute Gasteiger partial charge is 0.220 e. The van der Waals surface area contributed by atoms with Crippen molar-refractivity contribution in [3.05, 3.63) is 70.2 Å². The number of hydrogen-bond donors (Lipinski definition) is 2. The summed E-state index contributed by atoms with van der Waals surface area (Å²) in [5, 5.41) is 14.8. The van der Waals surface area contributed by atoms with E-state index in [2.05, 4.69) is 34.5 Å². The zero-order valence-electron chi connectivity index (χ0n) is 16.7. The van der Waals surface area contributed by atoms with Gasteiger partial charge >= 0.3 is 0 Å². The van der Waals surface area contributed by atoms with Crippen molar-refractivity contribution in [3.8, 4) is 0 Å². The molecule has 4 nitrogen and oxygen atoms in total. The minimum Gasteiger partial charge on any atom is -0.386 e. The molecule has 1 fully saturated rings. The van der Waals surface area contributed by atoms with Crippen molar-refractivity contribution in [2.24, 2.45) is 5.92 Å². The van der Waals surface area contributed by atoms with E-state index in [0.29, 0.717) is 23.9 Å². The third kappa shape index (κ3) is 5.19. The Labute approximate surface area is 177 Å². The van der Waals surface area contributed by atoms with Crippen LogP contribution in [0.5, 0.6) is 0 Å². The second kappa shape index (κ2) is 9.29. The van der Waals surface area contributed by atoms with Gasteiger partial charge in [0.15, 0.2) is 0 Å². The average Bonchev–Trinajstić information content (AvgIpc) is 3.35. The van der Waals surface area contributed by atoms with Crippen LogP contribution in [-0.2, 0) is 17.6 Å². The number of rotatable bonds is 7. The Kier molecular flexibility index (Phi) is 6.53. The molecule has 0 bridgehead atoms. The highest BCUT2D eigenvalue weighted by Gasteiger charge is 2.29. The summed E-state index contributed by atoms with van der Waals surface area (Å²) in [4.78, 5) is 15.2. The van der Waals surface area contributed by atoms with E-state index in [1.165, 1.54) is 24.0 Å². The summed E-state index contributed by atoms with van der Waals surface area (Å²) in [5.74, 6) is 0.358. The van der Waals surface area contributed by atoms with E-state index in [0.717, 1.165) is 31.5 Å². The summed E-state index contributed by atoms with van der Waals surface area (Å²) < 4.78 is 0. The van der Waals surface area contributed by atoms with Gasteiger partial charge in [-0.1, -0.05) is 48.0 Å². The van der Waals surface area contributed by atoms with Crippen LogP contribution in [0.1, 0.15) is 42.1 Å². The lowest BCUT2D eigenvalue weighted by atomic mass is 9.99. The van der Waals surface area contributed by atoms with Crippen LogP contribution in [0.4, 0.5) is 0 Å². The monoisotopic (exact) mass is 412 g/mol. The first-order valence-corrected chi connectivity index (χ1v) is 11.0. The van der Waals surface area contributed by atoms with Gasteiger partial charge in [0.2, 0.25) is 5.91 Å². The van der Waals surface area contributed by atoms with Gasteiger partial charge in [-0.05, 0) is 73.5 Å². The van der Waals surface area contributed by atoms with Crippen LogP contribution in [0.2, 0.25) is 5.02 Å². The van der Waals surface area contributed by atoms with Crippen LogP contribution in [0.3, 0.4) is 0 Å². The van der Waals surface area contributed by atoms with Crippen molar-refractivity contribution in [1.82, 2.24) is 10.2 Å².